The molecule has 0 aliphatic heterocycles. The molecule has 0 radical (unpaired) electrons. The molecule has 0 saturated heterocycles. The van der Waals surface area contributed by atoms with Crippen LogP contribution in [-0.2, 0) is 11.2 Å². The van der Waals surface area contributed by atoms with Crippen LogP contribution in [0.5, 0.6) is 0 Å². The van der Waals surface area contributed by atoms with Crippen LogP contribution < -0.4 is 0 Å². The van der Waals surface area contributed by atoms with Crippen molar-refractivity contribution in [1.82, 2.24) is 0 Å². The zero-order valence-corrected chi connectivity index (χ0v) is 10.7. The number of carboxylic acids is 1. The first-order valence-corrected chi connectivity index (χ1v) is 5.67. The predicted molar refractivity (Wildman–Crippen MR) is 65.4 cm³/mol. The maximum atomic E-state index is 13.2. The van der Waals surface area contributed by atoms with Crippen LogP contribution in [0.15, 0.2) is 18.2 Å². The molecule has 0 bridgehead atoms. The van der Waals surface area contributed by atoms with Gasteiger partial charge in [-0.25, -0.2) is 4.39 Å². The fraction of sp³-hybridized carbons (Fsp3) is 0.429. The summed E-state index contributed by atoms with van der Waals surface area (Å²) in [6, 6.07) is 5.90. The van der Waals surface area contributed by atoms with Gasteiger partial charge in [0.15, 0.2) is 0 Å². The Morgan fingerprint density at radius 1 is 1.50 bits per heavy atom. The standard InChI is InChI=1S/C14H16FNO2/c1-14(2,3)11(13(17)18)7-9-4-5-12(15)10(6-9)8-16/h4-6,11H,7H2,1-3H3,(H,17,18). The van der Waals surface area contributed by atoms with Crippen molar-refractivity contribution in [3.05, 3.63) is 35.1 Å². The van der Waals surface area contributed by atoms with Crippen molar-refractivity contribution < 1.29 is 14.3 Å². The summed E-state index contributed by atoms with van der Waals surface area (Å²) in [5.41, 5.74) is 0.216. The fourth-order valence-corrected chi connectivity index (χ4v) is 1.78. The molecule has 96 valence electrons. The largest absolute Gasteiger partial charge is 0.481 e. The number of benzene rings is 1. The lowest BCUT2D eigenvalue weighted by atomic mass is 9.77. The Morgan fingerprint density at radius 3 is 2.56 bits per heavy atom. The van der Waals surface area contributed by atoms with Gasteiger partial charge in [0, 0.05) is 0 Å². The SMILES string of the molecule is CC(C)(C)C(Cc1ccc(F)c(C#N)c1)C(=O)O. The van der Waals surface area contributed by atoms with E-state index in [-0.39, 0.29) is 12.0 Å². The summed E-state index contributed by atoms with van der Waals surface area (Å²) in [7, 11) is 0. The van der Waals surface area contributed by atoms with Crippen LogP contribution in [0, 0.1) is 28.5 Å². The molecule has 1 unspecified atom stereocenters. The van der Waals surface area contributed by atoms with E-state index >= 15 is 0 Å². The highest BCUT2D eigenvalue weighted by Gasteiger charge is 2.31. The lowest BCUT2D eigenvalue weighted by Gasteiger charge is -2.27. The number of rotatable bonds is 3. The van der Waals surface area contributed by atoms with Crippen molar-refractivity contribution >= 4 is 5.97 Å². The van der Waals surface area contributed by atoms with Gasteiger partial charge in [-0.15, -0.1) is 0 Å². The Labute approximate surface area is 106 Å². The van der Waals surface area contributed by atoms with E-state index in [2.05, 4.69) is 0 Å². The number of carboxylic acid groups (broad SMARTS) is 1. The highest BCUT2D eigenvalue weighted by Crippen LogP contribution is 2.29. The summed E-state index contributed by atoms with van der Waals surface area (Å²) in [6.45, 7) is 5.54. The number of halogens is 1. The molecule has 4 heteroatoms. The minimum absolute atomic E-state index is 0.0504. The fourth-order valence-electron chi connectivity index (χ4n) is 1.78. The highest BCUT2D eigenvalue weighted by molar-refractivity contribution is 5.71. The molecule has 1 aromatic carbocycles. The quantitative estimate of drug-likeness (QED) is 0.895. The number of nitrogens with zero attached hydrogens (tertiary/aromatic N) is 1. The predicted octanol–water partition coefficient (Wildman–Crippen LogP) is 2.99. The van der Waals surface area contributed by atoms with Gasteiger partial charge in [0.05, 0.1) is 11.5 Å². The molecule has 1 rings (SSSR count). The van der Waals surface area contributed by atoms with E-state index in [0.29, 0.717) is 5.56 Å². The molecule has 0 saturated carbocycles. The maximum absolute atomic E-state index is 13.2. The molecular formula is C14H16FNO2. The minimum Gasteiger partial charge on any atom is -0.481 e. The van der Waals surface area contributed by atoms with E-state index in [1.807, 2.05) is 20.8 Å². The molecule has 18 heavy (non-hydrogen) atoms. The zero-order valence-electron chi connectivity index (χ0n) is 10.7. The Bertz CT molecular complexity index is 497. The van der Waals surface area contributed by atoms with Gasteiger partial charge >= 0.3 is 5.97 Å². The first kappa shape index (κ1) is 14.2. The molecule has 0 fully saturated rings. The second-order valence-electron chi connectivity index (χ2n) is 5.39. The third-order valence-electron chi connectivity index (χ3n) is 2.93. The third-order valence-corrected chi connectivity index (χ3v) is 2.93. The first-order valence-electron chi connectivity index (χ1n) is 5.67. The molecule has 1 atom stereocenters. The van der Waals surface area contributed by atoms with Gasteiger partial charge in [0.2, 0.25) is 0 Å². The molecule has 1 N–H and O–H groups in total. The van der Waals surface area contributed by atoms with E-state index in [1.165, 1.54) is 18.2 Å². The van der Waals surface area contributed by atoms with Crippen molar-refractivity contribution in [2.24, 2.45) is 11.3 Å². The summed E-state index contributed by atoms with van der Waals surface area (Å²) in [5.74, 6) is -2.04. The minimum atomic E-state index is -0.884. The van der Waals surface area contributed by atoms with Gasteiger partial charge in [0.1, 0.15) is 11.9 Å². The number of aliphatic carboxylic acids is 1. The third kappa shape index (κ3) is 3.30. The van der Waals surface area contributed by atoms with E-state index in [1.54, 1.807) is 6.07 Å². The van der Waals surface area contributed by atoms with E-state index in [0.717, 1.165) is 0 Å². The second-order valence-corrected chi connectivity index (χ2v) is 5.39. The van der Waals surface area contributed by atoms with Gasteiger partial charge in [-0.05, 0) is 29.5 Å². The van der Waals surface area contributed by atoms with Crippen molar-refractivity contribution in [3.8, 4) is 6.07 Å². The van der Waals surface area contributed by atoms with Crippen LogP contribution in [0.1, 0.15) is 31.9 Å². The molecule has 0 heterocycles. The zero-order chi connectivity index (χ0) is 13.9. The van der Waals surface area contributed by atoms with Crippen molar-refractivity contribution in [1.29, 1.82) is 5.26 Å². The average Bonchev–Trinajstić information content (AvgIpc) is 2.25. The normalized spacial score (nSPS) is 12.8. The summed E-state index contributed by atoms with van der Waals surface area (Å²) < 4.78 is 13.2. The van der Waals surface area contributed by atoms with Crippen molar-refractivity contribution in [2.45, 2.75) is 27.2 Å². The van der Waals surface area contributed by atoms with Gasteiger partial charge in [-0.1, -0.05) is 26.8 Å². The summed E-state index contributed by atoms with van der Waals surface area (Å²) in [6.07, 6.45) is 0.286. The van der Waals surface area contributed by atoms with Crippen molar-refractivity contribution in [3.63, 3.8) is 0 Å². The summed E-state index contributed by atoms with van der Waals surface area (Å²) in [5, 5.41) is 18.0. The maximum Gasteiger partial charge on any atom is 0.307 e. The first-order chi connectivity index (χ1) is 8.25. The molecule has 0 aliphatic rings. The molecule has 0 aliphatic carbocycles. The van der Waals surface area contributed by atoms with Crippen LogP contribution >= 0.6 is 0 Å². The van der Waals surface area contributed by atoms with Crippen LogP contribution in [-0.4, -0.2) is 11.1 Å². The van der Waals surface area contributed by atoms with Crippen LogP contribution in [0.2, 0.25) is 0 Å². The number of carbonyl (C=O) groups is 1. The molecule has 3 nitrogen and oxygen atoms in total. The van der Waals surface area contributed by atoms with Crippen LogP contribution in [0.25, 0.3) is 0 Å². The Kier molecular flexibility index (Phi) is 4.07. The van der Waals surface area contributed by atoms with E-state index in [9.17, 15) is 14.3 Å². The van der Waals surface area contributed by atoms with Crippen LogP contribution in [0.4, 0.5) is 4.39 Å². The average molecular weight is 249 g/mol. The smallest absolute Gasteiger partial charge is 0.307 e. The topological polar surface area (TPSA) is 61.1 Å². The Balaban J connectivity index is 3.03. The van der Waals surface area contributed by atoms with Gasteiger partial charge in [-0.3, -0.25) is 4.79 Å². The number of nitriles is 1. The molecule has 0 spiro atoms. The molecule has 0 amide bonds. The second kappa shape index (κ2) is 5.18. The number of hydrogen-bond donors (Lipinski definition) is 1. The van der Waals surface area contributed by atoms with Gasteiger partial charge in [0.25, 0.3) is 0 Å². The van der Waals surface area contributed by atoms with Crippen molar-refractivity contribution in [2.75, 3.05) is 0 Å². The Hall–Kier alpha value is -1.89. The molecule has 0 aromatic heterocycles. The number of hydrogen-bond acceptors (Lipinski definition) is 2. The lowest BCUT2D eigenvalue weighted by Crippen LogP contribution is -2.30. The van der Waals surface area contributed by atoms with Gasteiger partial charge < -0.3 is 5.11 Å². The summed E-state index contributed by atoms with van der Waals surface area (Å²) >= 11 is 0. The summed E-state index contributed by atoms with van der Waals surface area (Å²) in [4.78, 5) is 11.2. The van der Waals surface area contributed by atoms with E-state index < -0.39 is 23.1 Å². The van der Waals surface area contributed by atoms with Crippen LogP contribution in [0.3, 0.4) is 0 Å². The van der Waals surface area contributed by atoms with E-state index in [4.69, 9.17) is 5.26 Å². The van der Waals surface area contributed by atoms with Gasteiger partial charge in [-0.2, -0.15) is 5.26 Å². The highest BCUT2D eigenvalue weighted by atomic mass is 19.1. The lowest BCUT2D eigenvalue weighted by molar-refractivity contribution is -0.145. The Morgan fingerprint density at radius 2 is 2.11 bits per heavy atom. The monoisotopic (exact) mass is 249 g/mol. The molecule has 1 aromatic rings. The molecular weight excluding hydrogens is 233 g/mol.